The summed E-state index contributed by atoms with van der Waals surface area (Å²) in [6, 6.07) is 6.99. The van der Waals surface area contributed by atoms with Crippen LogP contribution in [-0.4, -0.2) is 16.6 Å². The first-order valence-corrected chi connectivity index (χ1v) is 4.99. The van der Waals surface area contributed by atoms with Gasteiger partial charge >= 0.3 is 5.97 Å². The first-order chi connectivity index (χ1) is 6.88. The molecule has 82 valence electrons. The minimum absolute atomic E-state index is 0.209. The molecule has 0 radical (unpaired) electrons. The van der Waals surface area contributed by atoms with Crippen LogP contribution in [-0.2, 0) is 6.42 Å². The summed E-state index contributed by atoms with van der Waals surface area (Å²) >= 11 is 0. The highest BCUT2D eigenvalue weighted by atomic mass is 16.4. The lowest BCUT2D eigenvalue weighted by atomic mass is 9.96. The lowest BCUT2D eigenvalue weighted by Gasteiger charge is -2.17. The third kappa shape index (κ3) is 4.13. The summed E-state index contributed by atoms with van der Waals surface area (Å²) in [5.41, 5.74) is 7.01. The van der Waals surface area contributed by atoms with E-state index < -0.39 is 5.97 Å². The molecular formula is C12H17NO2. The molecule has 0 unspecified atom stereocenters. The van der Waals surface area contributed by atoms with Crippen LogP contribution in [0.3, 0.4) is 0 Å². The largest absolute Gasteiger partial charge is 0.478 e. The summed E-state index contributed by atoms with van der Waals surface area (Å²) < 4.78 is 0. The first kappa shape index (κ1) is 11.7. The lowest BCUT2D eigenvalue weighted by molar-refractivity contribution is 0.0697. The van der Waals surface area contributed by atoms with Crippen molar-refractivity contribution < 1.29 is 9.90 Å². The Kier molecular flexibility index (Phi) is 3.48. The summed E-state index contributed by atoms with van der Waals surface area (Å²) in [4.78, 5) is 10.7. The number of aryl methyl sites for hydroxylation is 1. The number of rotatable bonds is 4. The van der Waals surface area contributed by atoms with E-state index in [0.717, 1.165) is 18.4 Å². The number of carboxylic acids is 1. The topological polar surface area (TPSA) is 63.3 Å². The standard InChI is InChI=1S/C12H17NO2/c1-12(2,13)7-6-9-4-3-5-10(8-9)11(14)15/h3-5,8H,6-7,13H2,1-2H3,(H,14,15). The Labute approximate surface area is 89.9 Å². The number of hydrogen-bond donors (Lipinski definition) is 2. The van der Waals surface area contributed by atoms with Gasteiger partial charge in [-0.2, -0.15) is 0 Å². The van der Waals surface area contributed by atoms with Gasteiger partial charge in [-0.25, -0.2) is 4.79 Å². The highest BCUT2D eigenvalue weighted by Gasteiger charge is 2.11. The Morgan fingerprint density at radius 1 is 1.47 bits per heavy atom. The molecule has 3 nitrogen and oxygen atoms in total. The molecule has 1 aromatic carbocycles. The zero-order valence-electron chi connectivity index (χ0n) is 9.16. The molecule has 0 heterocycles. The van der Waals surface area contributed by atoms with E-state index in [-0.39, 0.29) is 5.54 Å². The fourth-order valence-corrected chi connectivity index (χ4v) is 1.33. The minimum atomic E-state index is -0.885. The second kappa shape index (κ2) is 4.45. The summed E-state index contributed by atoms with van der Waals surface area (Å²) in [7, 11) is 0. The molecule has 0 amide bonds. The van der Waals surface area contributed by atoms with Gasteiger partial charge in [0.2, 0.25) is 0 Å². The zero-order chi connectivity index (χ0) is 11.5. The number of carboxylic acid groups (broad SMARTS) is 1. The van der Waals surface area contributed by atoms with Crippen LogP contribution in [0.15, 0.2) is 24.3 Å². The van der Waals surface area contributed by atoms with Crippen molar-refractivity contribution in [1.29, 1.82) is 0 Å². The van der Waals surface area contributed by atoms with E-state index in [9.17, 15) is 4.79 Å². The molecule has 0 aliphatic carbocycles. The van der Waals surface area contributed by atoms with Crippen LogP contribution < -0.4 is 5.73 Å². The molecule has 1 rings (SSSR count). The Morgan fingerprint density at radius 3 is 2.67 bits per heavy atom. The van der Waals surface area contributed by atoms with Gasteiger partial charge in [-0.15, -0.1) is 0 Å². The molecule has 0 atom stereocenters. The van der Waals surface area contributed by atoms with Gasteiger partial charge < -0.3 is 10.8 Å². The molecule has 3 heteroatoms. The van der Waals surface area contributed by atoms with Crippen LogP contribution in [0.25, 0.3) is 0 Å². The van der Waals surface area contributed by atoms with Crippen LogP contribution in [0.1, 0.15) is 36.2 Å². The maximum absolute atomic E-state index is 10.7. The average Bonchev–Trinajstić information content (AvgIpc) is 2.14. The smallest absolute Gasteiger partial charge is 0.335 e. The molecule has 3 N–H and O–H groups in total. The third-order valence-corrected chi connectivity index (χ3v) is 2.23. The number of benzene rings is 1. The van der Waals surface area contributed by atoms with Crippen LogP contribution >= 0.6 is 0 Å². The van der Waals surface area contributed by atoms with E-state index in [1.165, 1.54) is 0 Å². The van der Waals surface area contributed by atoms with Crippen molar-refractivity contribution in [1.82, 2.24) is 0 Å². The van der Waals surface area contributed by atoms with Gasteiger partial charge in [0, 0.05) is 5.54 Å². The molecule has 15 heavy (non-hydrogen) atoms. The van der Waals surface area contributed by atoms with Crippen molar-refractivity contribution >= 4 is 5.97 Å². The van der Waals surface area contributed by atoms with Crippen molar-refractivity contribution in [3.8, 4) is 0 Å². The molecule has 0 saturated carbocycles. The number of nitrogens with two attached hydrogens (primary N) is 1. The van der Waals surface area contributed by atoms with E-state index in [1.54, 1.807) is 18.2 Å². The second-order valence-corrected chi connectivity index (χ2v) is 4.49. The third-order valence-electron chi connectivity index (χ3n) is 2.23. The predicted octanol–water partition coefficient (Wildman–Crippen LogP) is 2.05. The van der Waals surface area contributed by atoms with Crippen molar-refractivity contribution in [3.63, 3.8) is 0 Å². The summed E-state index contributed by atoms with van der Waals surface area (Å²) in [5.74, 6) is -0.885. The molecule has 1 aromatic rings. The fraction of sp³-hybridized carbons (Fsp3) is 0.417. The van der Waals surface area contributed by atoms with Crippen LogP contribution in [0.2, 0.25) is 0 Å². The van der Waals surface area contributed by atoms with Gasteiger partial charge in [0.05, 0.1) is 5.56 Å². The molecule has 0 spiro atoms. The monoisotopic (exact) mass is 207 g/mol. The van der Waals surface area contributed by atoms with Crippen molar-refractivity contribution in [2.75, 3.05) is 0 Å². The summed E-state index contributed by atoms with van der Waals surface area (Å²) in [6.45, 7) is 3.93. The van der Waals surface area contributed by atoms with Crippen molar-refractivity contribution in [3.05, 3.63) is 35.4 Å². The van der Waals surface area contributed by atoms with Gasteiger partial charge in [0.25, 0.3) is 0 Å². The van der Waals surface area contributed by atoms with E-state index in [4.69, 9.17) is 10.8 Å². The first-order valence-electron chi connectivity index (χ1n) is 4.99. The van der Waals surface area contributed by atoms with E-state index in [0.29, 0.717) is 5.56 Å². The molecule has 0 aliphatic heterocycles. The van der Waals surface area contributed by atoms with Crippen LogP contribution in [0.5, 0.6) is 0 Å². The van der Waals surface area contributed by atoms with E-state index in [1.807, 2.05) is 19.9 Å². The number of aromatic carboxylic acids is 1. The number of hydrogen-bond acceptors (Lipinski definition) is 2. The Hall–Kier alpha value is -1.35. The Balaban J connectivity index is 2.70. The lowest BCUT2D eigenvalue weighted by Crippen LogP contribution is -2.32. The molecule has 0 fully saturated rings. The molecular weight excluding hydrogens is 190 g/mol. The summed E-state index contributed by atoms with van der Waals surface area (Å²) in [6.07, 6.45) is 1.65. The van der Waals surface area contributed by atoms with E-state index >= 15 is 0 Å². The van der Waals surface area contributed by atoms with E-state index in [2.05, 4.69) is 0 Å². The average molecular weight is 207 g/mol. The molecule has 0 aliphatic rings. The maximum atomic E-state index is 10.7. The Bertz CT molecular complexity index is 353. The Morgan fingerprint density at radius 2 is 2.13 bits per heavy atom. The number of carbonyl (C=O) groups is 1. The van der Waals surface area contributed by atoms with Gasteiger partial charge in [-0.1, -0.05) is 12.1 Å². The van der Waals surface area contributed by atoms with Crippen LogP contribution in [0.4, 0.5) is 0 Å². The van der Waals surface area contributed by atoms with Gasteiger partial charge in [-0.05, 0) is 44.4 Å². The van der Waals surface area contributed by atoms with Gasteiger partial charge in [-0.3, -0.25) is 0 Å². The molecule has 0 bridgehead atoms. The normalized spacial score (nSPS) is 11.4. The quantitative estimate of drug-likeness (QED) is 0.794. The highest BCUT2D eigenvalue weighted by molar-refractivity contribution is 5.87. The SMILES string of the molecule is CC(C)(N)CCc1cccc(C(=O)O)c1. The molecule has 0 saturated heterocycles. The van der Waals surface area contributed by atoms with Crippen LogP contribution in [0, 0.1) is 0 Å². The maximum Gasteiger partial charge on any atom is 0.335 e. The highest BCUT2D eigenvalue weighted by Crippen LogP contribution is 2.12. The second-order valence-electron chi connectivity index (χ2n) is 4.49. The fourth-order valence-electron chi connectivity index (χ4n) is 1.33. The van der Waals surface area contributed by atoms with Crippen molar-refractivity contribution in [2.24, 2.45) is 5.73 Å². The zero-order valence-corrected chi connectivity index (χ0v) is 9.16. The van der Waals surface area contributed by atoms with Gasteiger partial charge in [0.15, 0.2) is 0 Å². The summed E-state index contributed by atoms with van der Waals surface area (Å²) in [5, 5.41) is 8.81. The van der Waals surface area contributed by atoms with Gasteiger partial charge in [0.1, 0.15) is 0 Å². The van der Waals surface area contributed by atoms with Crippen molar-refractivity contribution in [2.45, 2.75) is 32.2 Å². The molecule has 0 aromatic heterocycles. The minimum Gasteiger partial charge on any atom is -0.478 e. The predicted molar refractivity (Wildman–Crippen MR) is 60.0 cm³/mol.